The number of carbonyl (C=O) groups excluding carboxylic acids is 6. The molecular formula is C53H59ClFN9O7. The molecule has 4 unspecified atom stereocenters. The van der Waals surface area contributed by atoms with E-state index in [1.165, 1.54) is 34.1 Å². The van der Waals surface area contributed by atoms with Gasteiger partial charge in [-0.2, -0.15) is 10.5 Å². The van der Waals surface area contributed by atoms with Crippen LogP contribution in [0, 0.1) is 46.2 Å². The van der Waals surface area contributed by atoms with Gasteiger partial charge in [-0.3, -0.25) is 28.9 Å². The summed E-state index contributed by atoms with van der Waals surface area (Å²) in [6.45, 7) is 2.96. The third kappa shape index (κ3) is 12.4. The number of halogens is 2. The minimum Gasteiger partial charge on any atom is -0.446 e. The molecule has 0 bridgehead atoms. The molecule has 71 heavy (non-hydrogen) atoms. The number of likely N-dealkylation sites (tertiary alicyclic amines) is 3. The van der Waals surface area contributed by atoms with Crippen molar-refractivity contribution in [1.29, 1.82) is 10.5 Å². The van der Waals surface area contributed by atoms with Crippen molar-refractivity contribution in [1.82, 2.24) is 30.7 Å². The van der Waals surface area contributed by atoms with Crippen molar-refractivity contribution >= 4 is 59.0 Å². The lowest BCUT2D eigenvalue weighted by Crippen LogP contribution is -2.50. The van der Waals surface area contributed by atoms with Crippen molar-refractivity contribution in [2.75, 3.05) is 51.2 Å². The lowest BCUT2D eigenvalue weighted by atomic mass is 9.95. The van der Waals surface area contributed by atoms with Crippen molar-refractivity contribution in [3.63, 3.8) is 0 Å². The van der Waals surface area contributed by atoms with Crippen LogP contribution in [0.2, 0.25) is 5.02 Å². The van der Waals surface area contributed by atoms with Gasteiger partial charge in [0.2, 0.25) is 29.5 Å². The van der Waals surface area contributed by atoms with E-state index in [-0.39, 0.29) is 66.1 Å². The van der Waals surface area contributed by atoms with Crippen LogP contribution in [0.5, 0.6) is 0 Å². The van der Waals surface area contributed by atoms with Crippen molar-refractivity contribution in [2.24, 2.45) is 17.8 Å². The minimum atomic E-state index is -0.992. The van der Waals surface area contributed by atoms with E-state index in [4.69, 9.17) is 16.3 Å². The number of nitrogens with zero attached hydrogens (tertiary/aromatic N) is 6. The fourth-order valence-electron chi connectivity index (χ4n) is 10.7. The second-order valence-electron chi connectivity index (χ2n) is 19.5. The Morgan fingerprint density at radius 3 is 2.23 bits per heavy atom. The number of anilines is 1. The van der Waals surface area contributed by atoms with Crippen LogP contribution < -0.4 is 20.9 Å². The van der Waals surface area contributed by atoms with Crippen molar-refractivity contribution in [3.05, 3.63) is 106 Å². The van der Waals surface area contributed by atoms with Gasteiger partial charge in [0.05, 0.1) is 12.1 Å². The molecular weight excluding hydrogens is 929 g/mol. The standard InChI is InChI=1S/C53H59ClFN9O7/c1-61-19-16-44(17-20-61)71-53(70)64-32-39(35-7-3-2-4-8-35)27-47(64)51(68)60-42(30-57)26-38-15-21-62(52(38)69)43-9-5-6-33(23-43)22-34-24-46(50(67)59-41(29-56)25-37-14-18-58-49(37)66)63(31-34)48(65)13-11-36-10-12-40(54)28-45(36)55/h2-13,23,28,34,37-39,41-42,44,46-47H,14-22,24-27,31-32H2,1H3,(H,58,66)(H,59,67)(H,60,68)/b13-11+/t34-,37+,38?,39?,41+,42?,46+,47?/m1/s1. The number of carbonyl (C=O) groups is 6. The lowest BCUT2D eigenvalue weighted by molar-refractivity contribution is -0.135. The molecule has 3 N–H and O–H groups in total. The van der Waals surface area contributed by atoms with Crippen molar-refractivity contribution in [3.8, 4) is 12.1 Å². The largest absolute Gasteiger partial charge is 0.446 e. The molecule has 5 saturated heterocycles. The van der Waals surface area contributed by atoms with E-state index in [0.29, 0.717) is 63.8 Å². The van der Waals surface area contributed by atoms with E-state index in [0.717, 1.165) is 30.3 Å². The highest BCUT2D eigenvalue weighted by molar-refractivity contribution is 6.30. The number of nitrogens with one attached hydrogen (secondary N) is 3. The molecule has 5 aliphatic rings. The average molecular weight is 989 g/mol. The molecule has 18 heteroatoms. The number of amides is 6. The SMILES string of the molecule is CN1CCC(OC(=O)N2CC(c3ccccc3)CC2C(=O)NC(C#N)CC2CCN(c3cccc(C[C@@H]4C[C@@H](C(=O)N[C@H](C#N)C[C@@H]5CCNC5=O)N(C(=O)/C=C/c5ccc(Cl)cc5F)C4)c3)C2=O)CC1. The second kappa shape index (κ2) is 22.9. The summed E-state index contributed by atoms with van der Waals surface area (Å²) in [7, 11) is 2.02. The highest BCUT2D eigenvalue weighted by Crippen LogP contribution is 2.35. The molecule has 372 valence electrons. The molecule has 5 fully saturated rings. The monoisotopic (exact) mass is 987 g/mol. The average Bonchev–Trinajstić information content (AvgIpc) is 4.18. The lowest BCUT2D eigenvalue weighted by Gasteiger charge is -2.31. The molecule has 5 heterocycles. The Bertz CT molecular complexity index is 2600. The first-order chi connectivity index (χ1) is 34.3. The summed E-state index contributed by atoms with van der Waals surface area (Å²) >= 11 is 5.92. The highest BCUT2D eigenvalue weighted by Gasteiger charge is 2.44. The van der Waals surface area contributed by atoms with Crippen molar-refractivity contribution < 1.29 is 37.9 Å². The molecule has 3 aromatic rings. The number of hydrogen-bond donors (Lipinski definition) is 3. The maximum atomic E-state index is 14.6. The Morgan fingerprint density at radius 1 is 0.845 bits per heavy atom. The number of benzene rings is 3. The van der Waals surface area contributed by atoms with Gasteiger partial charge in [-0.05, 0) is 112 Å². The zero-order valence-electron chi connectivity index (χ0n) is 39.7. The number of ether oxygens (including phenoxy) is 1. The summed E-state index contributed by atoms with van der Waals surface area (Å²) in [5.74, 6) is -3.80. The topological polar surface area (TPSA) is 208 Å². The van der Waals surface area contributed by atoms with Gasteiger partial charge in [0.15, 0.2) is 0 Å². The quantitative estimate of drug-likeness (QED) is 0.167. The summed E-state index contributed by atoms with van der Waals surface area (Å²) in [5.41, 5.74) is 2.63. The summed E-state index contributed by atoms with van der Waals surface area (Å²) in [6.07, 6.45) is 5.41. The van der Waals surface area contributed by atoms with Gasteiger partial charge >= 0.3 is 6.09 Å². The maximum absolute atomic E-state index is 14.6. The molecule has 6 amide bonds. The third-order valence-electron chi connectivity index (χ3n) is 14.6. The molecule has 8 atom stereocenters. The van der Waals surface area contributed by atoms with E-state index in [2.05, 4.69) is 33.0 Å². The van der Waals surface area contributed by atoms with E-state index in [1.54, 1.807) is 4.90 Å². The van der Waals surface area contributed by atoms with Crippen LogP contribution in [-0.4, -0.2) is 127 Å². The third-order valence-corrected chi connectivity index (χ3v) is 14.8. The minimum absolute atomic E-state index is 0.0845. The summed E-state index contributed by atoms with van der Waals surface area (Å²) in [5, 5.41) is 28.8. The smallest absolute Gasteiger partial charge is 0.410 e. The number of nitriles is 2. The fourth-order valence-corrected chi connectivity index (χ4v) is 10.8. The van der Waals surface area contributed by atoms with Gasteiger partial charge < -0.3 is 35.4 Å². The highest BCUT2D eigenvalue weighted by atomic mass is 35.5. The van der Waals surface area contributed by atoms with Gasteiger partial charge in [0, 0.05) is 79.4 Å². The molecule has 0 saturated carbocycles. The summed E-state index contributed by atoms with van der Waals surface area (Å²) in [4.78, 5) is 88.4. The van der Waals surface area contributed by atoms with Crippen molar-refractivity contribution in [2.45, 2.75) is 94.0 Å². The van der Waals surface area contributed by atoms with Crippen LogP contribution in [0.1, 0.15) is 74.0 Å². The molecule has 0 aromatic heterocycles. The molecule has 0 spiro atoms. The van der Waals surface area contributed by atoms with Gasteiger partial charge in [0.1, 0.15) is 36.1 Å². The predicted octanol–water partition coefficient (Wildman–Crippen LogP) is 5.33. The second-order valence-corrected chi connectivity index (χ2v) is 19.9. The van der Waals surface area contributed by atoms with Crippen LogP contribution in [0.3, 0.4) is 0 Å². The molecule has 0 radical (unpaired) electrons. The Balaban J connectivity index is 0.905. The Hall–Kier alpha value is -6.82. The van der Waals surface area contributed by atoms with Gasteiger partial charge in [-0.1, -0.05) is 60.1 Å². The van der Waals surface area contributed by atoms with E-state index in [1.807, 2.05) is 61.6 Å². The molecule has 3 aromatic carbocycles. The molecule has 0 aliphatic carbocycles. The number of rotatable bonds is 15. The summed E-state index contributed by atoms with van der Waals surface area (Å²) < 4.78 is 20.6. The van der Waals surface area contributed by atoms with Gasteiger partial charge in [-0.15, -0.1) is 0 Å². The van der Waals surface area contributed by atoms with Crippen LogP contribution >= 0.6 is 11.6 Å². The number of hydrogen-bond acceptors (Lipinski definition) is 10. The fraction of sp³-hybridized carbons (Fsp3) is 0.472. The van der Waals surface area contributed by atoms with E-state index >= 15 is 0 Å². The maximum Gasteiger partial charge on any atom is 0.410 e. The number of piperidine rings is 1. The van der Waals surface area contributed by atoms with Gasteiger partial charge in [0.25, 0.3) is 0 Å². The van der Waals surface area contributed by atoms with Crippen LogP contribution in [0.25, 0.3) is 6.08 Å². The first-order valence-corrected chi connectivity index (χ1v) is 24.9. The summed E-state index contributed by atoms with van der Waals surface area (Å²) in [6, 6.07) is 21.7. The van der Waals surface area contributed by atoms with Crippen LogP contribution in [-0.2, 0) is 35.1 Å². The van der Waals surface area contributed by atoms with Crippen LogP contribution in [0.15, 0.2) is 78.9 Å². The van der Waals surface area contributed by atoms with E-state index in [9.17, 15) is 43.7 Å². The normalized spacial score (nSPS) is 24.6. The molecule has 16 nitrogen and oxygen atoms in total. The molecule has 8 rings (SSSR count). The first-order valence-electron chi connectivity index (χ1n) is 24.5. The predicted molar refractivity (Wildman–Crippen MR) is 261 cm³/mol. The Morgan fingerprint density at radius 2 is 1.55 bits per heavy atom. The zero-order chi connectivity index (χ0) is 50.2. The molecule has 5 aliphatic heterocycles. The van der Waals surface area contributed by atoms with Gasteiger partial charge in [-0.25, -0.2) is 9.18 Å². The Labute approximate surface area is 418 Å². The Kier molecular flexibility index (Phi) is 16.3. The van der Waals surface area contributed by atoms with Crippen LogP contribution in [0.4, 0.5) is 14.9 Å². The first kappa shape index (κ1) is 50.6. The zero-order valence-corrected chi connectivity index (χ0v) is 40.4. The van der Waals surface area contributed by atoms with E-state index < -0.39 is 65.6 Å².